The maximum Gasteiger partial charge on any atom is 0.232 e. The number of furan rings is 1. The van der Waals surface area contributed by atoms with E-state index >= 15 is 0 Å². The van der Waals surface area contributed by atoms with Crippen LogP contribution in [0.15, 0.2) is 34.9 Å². The van der Waals surface area contributed by atoms with E-state index < -0.39 is 0 Å². The number of aliphatic hydroxyl groups excluding tert-OH is 1. The number of hydrogen-bond acceptors (Lipinski definition) is 7. The van der Waals surface area contributed by atoms with Crippen molar-refractivity contribution in [2.75, 3.05) is 20.3 Å². The van der Waals surface area contributed by atoms with Gasteiger partial charge in [0.15, 0.2) is 17.6 Å². The first-order valence-electron chi connectivity index (χ1n) is 9.36. The lowest BCUT2D eigenvalue weighted by Crippen LogP contribution is -2.32. The third kappa shape index (κ3) is 2.86. The van der Waals surface area contributed by atoms with Gasteiger partial charge in [-0.05, 0) is 49.2 Å². The molecule has 0 radical (unpaired) electrons. The summed E-state index contributed by atoms with van der Waals surface area (Å²) in [6, 6.07) is 7.83. The normalized spacial score (nSPS) is 15.8. The van der Waals surface area contributed by atoms with Gasteiger partial charge in [-0.25, -0.2) is 9.97 Å². The first kappa shape index (κ1) is 17.8. The fourth-order valence-corrected chi connectivity index (χ4v) is 3.70. The molecule has 1 aliphatic rings. The second-order valence-electron chi connectivity index (χ2n) is 7.20. The average molecular weight is 392 g/mol. The molecule has 29 heavy (non-hydrogen) atoms. The van der Waals surface area contributed by atoms with E-state index in [1.54, 1.807) is 13.3 Å². The van der Waals surface area contributed by atoms with Crippen molar-refractivity contribution in [1.29, 1.82) is 0 Å². The number of rotatable bonds is 3. The maximum absolute atomic E-state index is 9.37. The van der Waals surface area contributed by atoms with Crippen molar-refractivity contribution < 1.29 is 23.7 Å². The van der Waals surface area contributed by atoms with E-state index in [2.05, 4.69) is 9.97 Å². The van der Waals surface area contributed by atoms with Gasteiger partial charge in [0, 0.05) is 5.56 Å². The highest BCUT2D eigenvalue weighted by Gasteiger charge is 2.26. The lowest BCUT2D eigenvalue weighted by Gasteiger charge is -2.25. The van der Waals surface area contributed by atoms with E-state index in [1.807, 2.05) is 38.1 Å². The molecule has 1 unspecified atom stereocenters. The Kier molecular flexibility index (Phi) is 4.06. The predicted octanol–water partition coefficient (Wildman–Crippen LogP) is 3.80. The molecule has 2 aromatic carbocycles. The first-order valence-corrected chi connectivity index (χ1v) is 9.36. The molecule has 2 aromatic heterocycles. The molecular weight excluding hydrogens is 372 g/mol. The summed E-state index contributed by atoms with van der Waals surface area (Å²) >= 11 is 0. The lowest BCUT2D eigenvalue weighted by atomic mass is 10.1. The van der Waals surface area contributed by atoms with E-state index in [0.29, 0.717) is 29.7 Å². The van der Waals surface area contributed by atoms with Crippen molar-refractivity contribution in [3.05, 3.63) is 41.6 Å². The summed E-state index contributed by atoms with van der Waals surface area (Å²) in [5.74, 6) is 2.39. The van der Waals surface area contributed by atoms with Crippen LogP contribution < -0.4 is 14.2 Å². The van der Waals surface area contributed by atoms with Crippen molar-refractivity contribution in [2.24, 2.45) is 0 Å². The molecule has 1 aliphatic heterocycles. The third-order valence-electron chi connectivity index (χ3n) is 5.06. The quantitative estimate of drug-likeness (QED) is 0.567. The Balaban J connectivity index is 1.72. The van der Waals surface area contributed by atoms with Gasteiger partial charge in [-0.15, -0.1) is 0 Å². The van der Waals surface area contributed by atoms with Gasteiger partial charge in [0.25, 0.3) is 0 Å². The number of ether oxygens (including phenoxy) is 3. The molecule has 0 saturated carbocycles. The van der Waals surface area contributed by atoms with Gasteiger partial charge in [-0.2, -0.15) is 0 Å². The summed E-state index contributed by atoms with van der Waals surface area (Å²) in [6.07, 6.45) is 1.24. The number of fused-ring (bicyclic) bond motifs is 4. The zero-order chi connectivity index (χ0) is 20.1. The minimum Gasteiger partial charge on any atom is -0.485 e. The molecule has 0 bridgehead atoms. The highest BCUT2D eigenvalue weighted by molar-refractivity contribution is 5.97. The van der Waals surface area contributed by atoms with E-state index in [-0.39, 0.29) is 12.7 Å². The summed E-state index contributed by atoms with van der Waals surface area (Å²) in [5, 5.41) is 10.2. The standard InChI is InChI=1S/C22H20N2O5/c1-11-4-14(20-16(5-11)24-19(26-3)8-23-20)17-7-15-21(29-17)12(2)6-18-22(15)27-10-13(9-25)28-18/h4-8,13,25H,9-10H2,1-3H3. The molecule has 0 amide bonds. The maximum atomic E-state index is 9.37. The molecule has 0 spiro atoms. The highest BCUT2D eigenvalue weighted by Crippen LogP contribution is 2.44. The molecular formula is C22H20N2O5. The predicted molar refractivity (Wildman–Crippen MR) is 108 cm³/mol. The summed E-state index contributed by atoms with van der Waals surface area (Å²) < 4.78 is 23.2. The number of nitrogens with zero attached hydrogens (tertiary/aromatic N) is 2. The molecule has 148 valence electrons. The van der Waals surface area contributed by atoms with Crippen LogP contribution in [-0.4, -0.2) is 41.5 Å². The Morgan fingerprint density at radius 2 is 2.07 bits per heavy atom. The van der Waals surface area contributed by atoms with Crippen LogP contribution in [0, 0.1) is 13.8 Å². The Hall–Kier alpha value is -3.32. The molecule has 7 heteroatoms. The number of benzene rings is 2. The second kappa shape index (κ2) is 6.63. The van der Waals surface area contributed by atoms with Gasteiger partial charge >= 0.3 is 0 Å². The summed E-state index contributed by atoms with van der Waals surface area (Å²) in [4.78, 5) is 9.04. The van der Waals surface area contributed by atoms with Gasteiger partial charge in [-0.1, -0.05) is 0 Å². The molecule has 3 heterocycles. The van der Waals surface area contributed by atoms with Gasteiger partial charge in [0.1, 0.15) is 18.0 Å². The fraction of sp³-hybridized carbons (Fsp3) is 0.273. The number of aromatic nitrogens is 2. The van der Waals surface area contributed by atoms with Gasteiger partial charge in [0.2, 0.25) is 5.88 Å². The zero-order valence-electron chi connectivity index (χ0n) is 16.4. The molecule has 0 aliphatic carbocycles. The number of methoxy groups -OCH3 is 1. The van der Waals surface area contributed by atoms with Crippen molar-refractivity contribution in [1.82, 2.24) is 9.97 Å². The Labute approximate surface area is 166 Å². The molecule has 5 rings (SSSR count). The highest BCUT2D eigenvalue weighted by atomic mass is 16.6. The van der Waals surface area contributed by atoms with Crippen LogP contribution in [0.1, 0.15) is 11.1 Å². The van der Waals surface area contributed by atoms with Crippen LogP contribution in [0.3, 0.4) is 0 Å². The Morgan fingerprint density at radius 3 is 2.86 bits per heavy atom. The van der Waals surface area contributed by atoms with Gasteiger partial charge in [0.05, 0.1) is 36.3 Å². The molecule has 0 fully saturated rings. The number of aliphatic hydroxyl groups is 1. The summed E-state index contributed by atoms with van der Waals surface area (Å²) in [6.45, 7) is 4.16. The summed E-state index contributed by atoms with van der Waals surface area (Å²) in [5.41, 5.74) is 5.03. The summed E-state index contributed by atoms with van der Waals surface area (Å²) in [7, 11) is 1.57. The topological polar surface area (TPSA) is 86.8 Å². The van der Waals surface area contributed by atoms with Crippen LogP contribution in [0.4, 0.5) is 0 Å². The van der Waals surface area contributed by atoms with Crippen molar-refractivity contribution >= 4 is 22.0 Å². The minimum absolute atomic E-state index is 0.0927. The van der Waals surface area contributed by atoms with Gasteiger partial charge in [-0.3, -0.25) is 0 Å². The Bertz CT molecular complexity index is 1250. The lowest BCUT2D eigenvalue weighted by molar-refractivity contribution is 0.0467. The van der Waals surface area contributed by atoms with Crippen LogP contribution in [0.5, 0.6) is 17.4 Å². The monoisotopic (exact) mass is 392 g/mol. The molecule has 1 N–H and O–H groups in total. The SMILES string of the molecule is COc1cnc2c(-c3cc4c5c(cc(C)c4o3)OC(CO)CO5)cc(C)cc2n1. The second-order valence-corrected chi connectivity index (χ2v) is 7.20. The van der Waals surface area contributed by atoms with Crippen molar-refractivity contribution in [3.63, 3.8) is 0 Å². The van der Waals surface area contributed by atoms with Crippen molar-refractivity contribution in [2.45, 2.75) is 20.0 Å². The van der Waals surface area contributed by atoms with Crippen LogP contribution in [0.25, 0.3) is 33.3 Å². The fourth-order valence-electron chi connectivity index (χ4n) is 3.70. The molecule has 7 nitrogen and oxygen atoms in total. The first-order chi connectivity index (χ1) is 14.1. The van der Waals surface area contributed by atoms with Crippen molar-refractivity contribution in [3.8, 4) is 28.7 Å². The van der Waals surface area contributed by atoms with Crippen LogP contribution >= 0.6 is 0 Å². The smallest absolute Gasteiger partial charge is 0.232 e. The van der Waals surface area contributed by atoms with E-state index in [1.165, 1.54) is 0 Å². The number of hydrogen-bond donors (Lipinski definition) is 1. The third-order valence-corrected chi connectivity index (χ3v) is 5.06. The zero-order valence-corrected chi connectivity index (χ0v) is 16.4. The Morgan fingerprint density at radius 1 is 1.21 bits per heavy atom. The van der Waals surface area contributed by atoms with Crippen LogP contribution in [-0.2, 0) is 0 Å². The van der Waals surface area contributed by atoms with Crippen LogP contribution in [0.2, 0.25) is 0 Å². The largest absolute Gasteiger partial charge is 0.485 e. The average Bonchev–Trinajstić information content (AvgIpc) is 3.18. The minimum atomic E-state index is -0.364. The van der Waals surface area contributed by atoms with E-state index in [0.717, 1.165) is 38.7 Å². The van der Waals surface area contributed by atoms with Gasteiger partial charge < -0.3 is 23.7 Å². The molecule has 4 aromatic rings. The van der Waals surface area contributed by atoms with E-state index in [9.17, 15) is 5.11 Å². The molecule has 1 atom stereocenters. The number of aryl methyl sites for hydroxylation is 2. The van der Waals surface area contributed by atoms with E-state index in [4.69, 9.17) is 18.6 Å². The molecule has 0 saturated heterocycles.